The molecule has 1 amide bonds. The first-order valence-electron chi connectivity index (χ1n) is 8.56. The van der Waals surface area contributed by atoms with E-state index >= 15 is 0 Å². The molecule has 134 valence electrons. The lowest BCUT2D eigenvalue weighted by Crippen LogP contribution is -2.45. The molecular formula is C17H20FN3O3S. The van der Waals surface area contributed by atoms with Crippen LogP contribution in [-0.4, -0.2) is 46.3 Å². The van der Waals surface area contributed by atoms with Gasteiger partial charge in [-0.3, -0.25) is 9.36 Å². The molecule has 0 radical (unpaired) electrons. The summed E-state index contributed by atoms with van der Waals surface area (Å²) in [7, 11) is 0. The van der Waals surface area contributed by atoms with E-state index in [9.17, 15) is 14.0 Å². The molecule has 25 heavy (non-hydrogen) atoms. The molecule has 8 heteroatoms. The highest BCUT2D eigenvalue weighted by atomic mass is 32.1. The number of nitrogens with one attached hydrogen (secondary N) is 1. The van der Waals surface area contributed by atoms with Crippen LogP contribution >= 0.6 is 11.3 Å². The van der Waals surface area contributed by atoms with Crippen LogP contribution in [0, 0.1) is 5.82 Å². The lowest BCUT2D eigenvalue weighted by atomic mass is 9.90. The molecule has 0 aliphatic carbocycles. The molecule has 0 spiro atoms. The Hall–Kier alpha value is -1.93. The Morgan fingerprint density at radius 1 is 1.28 bits per heavy atom. The van der Waals surface area contributed by atoms with Crippen LogP contribution in [0.5, 0.6) is 0 Å². The summed E-state index contributed by atoms with van der Waals surface area (Å²) >= 11 is 1.18. The number of aromatic nitrogens is 1. The van der Waals surface area contributed by atoms with Crippen molar-refractivity contribution in [3.8, 4) is 0 Å². The topological polar surface area (TPSA) is 74.6 Å². The van der Waals surface area contributed by atoms with Crippen molar-refractivity contribution in [2.24, 2.45) is 0 Å². The predicted octanol–water partition coefficient (Wildman–Crippen LogP) is 2.42. The van der Waals surface area contributed by atoms with Gasteiger partial charge in [-0.15, -0.1) is 0 Å². The van der Waals surface area contributed by atoms with Gasteiger partial charge in [-0.05, 0) is 31.4 Å². The maximum atomic E-state index is 14.5. The number of aryl methyl sites for hydroxylation is 1. The normalized spacial score (nSPS) is 21.6. The number of nitrogens with zero attached hydrogens (tertiary/aromatic N) is 2. The maximum Gasteiger partial charge on any atom is 0.404 e. The molecule has 1 aromatic carbocycles. The molecule has 2 aliphatic rings. The SMILES string of the molecule is O=C(O)NC1CCN(CC2CCn3c(=O)sc4ccc(F)c2c43)CC1. The van der Waals surface area contributed by atoms with E-state index in [1.165, 1.54) is 17.4 Å². The standard InChI is InChI=1S/C17H20FN3O3S/c18-12-1-2-13-15-14(12)10(3-8-21(15)17(24)25-13)9-20-6-4-11(5-7-20)19-16(22)23/h1-2,10-11,19H,3-9H2,(H,22,23). The van der Waals surface area contributed by atoms with Crippen molar-refractivity contribution >= 4 is 27.6 Å². The second-order valence-electron chi connectivity index (χ2n) is 6.84. The number of carbonyl (C=O) groups is 1. The van der Waals surface area contributed by atoms with Crippen LogP contribution in [0.1, 0.15) is 30.7 Å². The molecule has 1 unspecified atom stereocenters. The number of piperidine rings is 1. The molecule has 1 aromatic heterocycles. The number of likely N-dealkylation sites (tertiary alicyclic amines) is 1. The second kappa shape index (κ2) is 6.42. The Bertz CT molecular complexity index is 870. The molecule has 3 heterocycles. The van der Waals surface area contributed by atoms with Gasteiger partial charge in [-0.1, -0.05) is 11.3 Å². The Balaban J connectivity index is 1.53. The summed E-state index contributed by atoms with van der Waals surface area (Å²) < 4.78 is 17.1. The van der Waals surface area contributed by atoms with Crippen LogP contribution in [0.15, 0.2) is 16.9 Å². The molecule has 2 aromatic rings. The van der Waals surface area contributed by atoms with Gasteiger partial charge in [0.15, 0.2) is 0 Å². The Morgan fingerprint density at radius 3 is 2.76 bits per heavy atom. The number of hydrogen-bond donors (Lipinski definition) is 2. The van der Waals surface area contributed by atoms with Crippen LogP contribution in [0.4, 0.5) is 9.18 Å². The first-order valence-corrected chi connectivity index (χ1v) is 9.38. The van der Waals surface area contributed by atoms with E-state index < -0.39 is 6.09 Å². The fraction of sp³-hybridized carbons (Fsp3) is 0.529. The van der Waals surface area contributed by atoms with E-state index in [1.807, 2.05) is 0 Å². The minimum Gasteiger partial charge on any atom is -0.465 e. The van der Waals surface area contributed by atoms with Crippen LogP contribution in [0.2, 0.25) is 0 Å². The van der Waals surface area contributed by atoms with E-state index in [0.717, 1.165) is 49.1 Å². The second-order valence-corrected chi connectivity index (χ2v) is 7.83. The fourth-order valence-corrected chi connectivity index (χ4v) is 5.05. The lowest BCUT2D eigenvalue weighted by Gasteiger charge is -2.35. The number of hydrogen-bond acceptors (Lipinski definition) is 4. The molecule has 2 aliphatic heterocycles. The van der Waals surface area contributed by atoms with Crippen molar-refractivity contribution in [1.82, 2.24) is 14.8 Å². The summed E-state index contributed by atoms with van der Waals surface area (Å²) in [6.45, 7) is 2.99. The number of halogens is 1. The molecule has 0 saturated carbocycles. The summed E-state index contributed by atoms with van der Waals surface area (Å²) in [4.78, 5) is 25.1. The number of thiazole rings is 1. The molecule has 2 N–H and O–H groups in total. The van der Waals surface area contributed by atoms with E-state index in [-0.39, 0.29) is 22.6 Å². The average Bonchev–Trinajstić information content (AvgIpc) is 2.90. The number of benzene rings is 1. The van der Waals surface area contributed by atoms with Gasteiger partial charge in [0, 0.05) is 43.7 Å². The van der Waals surface area contributed by atoms with Crippen molar-refractivity contribution in [1.29, 1.82) is 0 Å². The van der Waals surface area contributed by atoms with Crippen LogP contribution in [0.3, 0.4) is 0 Å². The summed E-state index contributed by atoms with van der Waals surface area (Å²) in [5.41, 5.74) is 1.45. The van der Waals surface area contributed by atoms with E-state index in [2.05, 4.69) is 10.2 Å². The number of amides is 1. The third kappa shape index (κ3) is 3.04. The van der Waals surface area contributed by atoms with Crippen molar-refractivity contribution in [3.05, 3.63) is 33.2 Å². The monoisotopic (exact) mass is 365 g/mol. The third-order valence-electron chi connectivity index (χ3n) is 5.32. The van der Waals surface area contributed by atoms with Crippen molar-refractivity contribution in [2.75, 3.05) is 19.6 Å². The van der Waals surface area contributed by atoms with Crippen LogP contribution in [-0.2, 0) is 6.54 Å². The van der Waals surface area contributed by atoms with Crippen molar-refractivity contribution in [3.63, 3.8) is 0 Å². The van der Waals surface area contributed by atoms with Crippen LogP contribution < -0.4 is 10.2 Å². The zero-order valence-electron chi connectivity index (χ0n) is 13.7. The fourth-order valence-electron chi connectivity index (χ4n) is 4.11. The molecule has 1 saturated heterocycles. The highest BCUT2D eigenvalue weighted by molar-refractivity contribution is 7.16. The maximum absolute atomic E-state index is 14.5. The van der Waals surface area contributed by atoms with Crippen LogP contribution in [0.25, 0.3) is 10.2 Å². The van der Waals surface area contributed by atoms with Gasteiger partial charge < -0.3 is 15.3 Å². The largest absolute Gasteiger partial charge is 0.465 e. The van der Waals surface area contributed by atoms with Gasteiger partial charge in [-0.25, -0.2) is 9.18 Å². The molecule has 6 nitrogen and oxygen atoms in total. The Kier molecular flexibility index (Phi) is 4.24. The van der Waals surface area contributed by atoms with E-state index in [4.69, 9.17) is 5.11 Å². The van der Waals surface area contributed by atoms with Crippen molar-refractivity contribution < 1.29 is 14.3 Å². The van der Waals surface area contributed by atoms with Gasteiger partial charge in [0.25, 0.3) is 0 Å². The highest BCUT2D eigenvalue weighted by Crippen LogP contribution is 2.36. The number of carboxylic acid groups (broad SMARTS) is 1. The summed E-state index contributed by atoms with van der Waals surface area (Å²) in [5.74, 6) is -0.159. The smallest absolute Gasteiger partial charge is 0.404 e. The molecule has 4 rings (SSSR count). The predicted molar refractivity (Wildman–Crippen MR) is 94.0 cm³/mol. The number of rotatable bonds is 3. The highest BCUT2D eigenvalue weighted by Gasteiger charge is 2.30. The third-order valence-corrected chi connectivity index (χ3v) is 6.26. The summed E-state index contributed by atoms with van der Waals surface area (Å²) in [6.07, 6.45) is 1.33. The Morgan fingerprint density at radius 2 is 2.04 bits per heavy atom. The van der Waals surface area contributed by atoms with E-state index in [1.54, 1.807) is 10.6 Å². The molecular weight excluding hydrogens is 345 g/mol. The molecule has 0 bridgehead atoms. The minimum atomic E-state index is -0.977. The van der Waals surface area contributed by atoms with Gasteiger partial charge in [-0.2, -0.15) is 0 Å². The first-order chi connectivity index (χ1) is 12.0. The zero-order chi connectivity index (χ0) is 17.6. The minimum absolute atomic E-state index is 0.00216. The van der Waals surface area contributed by atoms with Gasteiger partial charge in [0.1, 0.15) is 5.82 Å². The zero-order valence-corrected chi connectivity index (χ0v) is 14.5. The van der Waals surface area contributed by atoms with Crippen molar-refractivity contribution in [2.45, 2.75) is 37.8 Å². The quantitative estimate of drug-likeness (QED) is 0.876. The Labute approximate surface area is 147 Å². The molecule has 1 fully saturated rings. The first kappa shape index (κ1) is 16.5. The van der Waals surface area contributed by atoms with Gasteiger partial charge in [0.05, 0.1) is 10.2 Å². The van der Waals surface area contributed by atoms with E-state index in [0.29, 0.717) is 12.1 Å². The summed E-state index contributed by atoms with van der Waals surface area (Å²) in [6, 6.07) is 3.17. The molecule has 1 atom stereocenters. The van der Waals surface area contributed by atoms with Gasteiger partial charge >= 0.3 is 11.0 Å². The summed E-state index contributed by atoms with van der Waals surface area (Å²) in [5, 5.41) is 11.4. The lowest BCUT2D eigenvalue weighted by molar-refractivity contribution is 0.162. The van der Waals surface area contributed by atoms with Gasteiger partial charge in [0.2, 0.25) is 0 Å². The average molecular weight is 365 g/mol.